The third kappa shape index (κ3) is 4.42. The molecule has 19 heavy (non-hydrogen) atoms. The van der Waals surface area contributed by atoms with Crippen molar-refractivity contribution in [2.24, 2.45) is 4.40 Å². The molecule has 0 bridgehead atoms. The molecule has 1 aromatic rings. The summed E-state index contributed by atoms with van der Waals surface area (Å²) in [6.45, 7) is 5.52. The van der Waals surface area contributed by atoms with Gasteiger partial charge in [-0.25, -0.2) is 8.60 Å². The molecule has 0 heterocycles. The van der Waals surface area contributed by atoms with Gasteiger partial charge in [-0.15, -0.1) is 0 Å². The highest BCUT2D eigenvalue weighted by Gasteiger charge is 2.23. The van der Waals surface area contributed by atoms with Crippen LogP contribution in [-0.4, -0.2) is 21.3 Å². The molecule has 3 nitrogen and oxygen atoms in total. The van der Waals surface area contributed by atoms with Crippen LogP contribution in [0.3, 0.4) is 0 Å². The summed E-state index contributed by atoms with van der Waals surface area (Å²) in [4.78, 5) is 0. The smallest absolute Gasteiger partial charge is 0.144 e. The van der Waals surface area contributed by atoms with Gasteiger partial charge in [-0.3, -0.25) is 0 Å². The number of nitrogens with zero attached hydrogens (tertiary/aromatic N) is 1. The monoisotopic (exact) mass is 283 g/mol. The number of hydrogen-bond donors (Lipinski definition) is 0. The minimum absolute atomic E-state index is 0.218. The first-order chi connectivity index (χ1) is 8.84. The molecule has 0 aliphatic heterocycles. The first-order valence-electron chi connectivity index (χ1n) is 6.28. The van der Waals surface area contributed by atoms with Gasteiger partial charge in [0.1, 0.15) is 22.6 Å². The van der Waals surface area contributed by atoms with Crippen LogP contribution in [0.4, 0.5) is 4.39 Å². The molecule has 1 fully saturated rings. The van der Waals surface area contributed by atoms with Gasteiger partial charge in [-0.1, -0.05) is 0 Å². The fraction of sp³-hybridized carbons (Fsp3) is 0.500. The molecule has 0 saturated heterocycles. The van der Waals surface area contributed by atoms with Crippen LogP contribution in [0.1, 0.15) is 39.2 Å². The van der Waals surface area contributed by atoms with Crippen LogP contribution in [0.5, 0.6) is 5.75 Å². The predicted octanol–water partition coefficient (Wildman–Crippen LogP) is 3.25. The quantitative estimate of drug-likeness (QED) is 0.796. The van der Waals surface area contributed by atoms with Crippen molar-refractivity contribution in [3.63, 3.8) is 0 Å². The van der Waals surface area contributed by atoms with Crippen LogP contribution in [0, 0.1) is 5.82 Å². The molecule has 1 aromatic carbocycles. The van der Waals surface area contributed by atoms with E-state index in [-0.39, 0.29) is 11.9 Å². The van der Waals surface area contributed by atoms with Crippen molar-refractivity contribution < 1.29 is 13.3 Å². The van der Waals surface area contributed by atoms with Gasteiger partial charge in [0.15, 0.2) is 0 Å². The number of halogens is 1. The zero-order valence-electron chi connectivity index (χ0n) is 11.4. The molecule has 0 spiro atoms. The Morgan fingerprint density at radius 2 is 2.05 bits per heavy atom. The molecule has 2 rings (SSSR count). The van der Waals surface area contributed by atoms with E-state index in [9.17, 15) is 8.60 Å². The number of hydrogen-bond acceptors (Lipinski definition) is 2. The maximum atomic E-state index is 13.4. The second-order valence-corrected chi connectivity index (χ2v) is 7.57. The highest BCUT2D eigenvalue weighted by Crippen LogP contribution is 2.27. The van der Waals surface area contributed by atoms with E-state index in [1.165, 1.54) is 18.3 Å². The van der Waals surface area contributed by atoms with E-state index in [0.29, 0.717) is 11.3 Å². The molecule has 0 N–H and O–H groups in total. The van der Waals surface area contributed by atoms with Gasteiger partial charge in [0, 0.05) is 17.8 Å². The standard InChI is InChI=1S/C14H18FNO2S/c1-14(2,3)19(17)16-9-10-6-11(15)8-13(7-10)18-12-4-5-12/h6-9,12H,4-5H2,1-3H3/t19-/m0/s1. The normalized spacial score (nSPS) is 17.7. The molecule has 5 heteroatoms. The molecule has 0 unspecified atom stereocenters. The number of ether oxygens (including phenoxy) is 1. The molecule has 1 aliphatic carbocycles. The highest BCUT2D eigenvalue weighted by atomic mass is 32.2. The zero-order chi connectivity index (χ0) is 14.0. The van der Waals surface area contributed by atoms with E-state index in [1.54, 1.807) is 6.07 Å². The Balaban J connectivity index is 2.13. The molecule has 0 amide bonds. The summed E-state index contributed by atoms with van der Waals surface area (Å²) in [6.07, 6.45) is 3.70. The van der Waals surface area contributed by atoms with E-state index in [1.807, 2.05) is 20.8 Å². The zero-order valence-corrected chi connectivity index (χ0v) is 12.2. The van der Waals surface area contributed by atoms with Gasteiger partial charge in [-0.2, -0.15) is 4.40 Å². The number of benzene rings is 1. The average molecular weight is 283 g/mol. The van der Waals surface area contributed by atoms with Gasteiger partial charge < -0.3 is 4.74 Å². The summed E-state index contributed by atoms with van der Waals surface area (Å²) in [5.74, 6) is 0.131. The molecule has 0 radical (unpaired) electrons. The van der Waals surface area contributed by atoms with E-state index in [0.717, 1.165) is 12.8 Å². The SMILES string of the molecule is CC(C)(C)[S@](=O)N=Cc1cc(F)cc(OC2CC2)c1. The van der Waals surface area contributed by atoms with Crippen molar-refractivity contribution in [3.05, 3.63) is 29.6 Å². The van der Waals surface area contributed by atoms with E-state index in [2.05, 4.69) is 4.40 Å². The lowest BCUT2D eigenvalue weighted by atomic mass is 10.2. The molecule has 1 aliphatic rings. The first kappa shape index (κ1) is 14.2. The molecule has 104 valence electrons. The fourth-order valence-electron chi connectivity index (χ4n) is 1.37. The molecule has 1 saturated carbocycles. The Morgan fingerprint density at radius 3 is 2.63 bits per heavy atom. The molecular weight excluding hydrogens is 265 g/mol. The van der Waals surface area contributed by atoms with Crippen LogP contribution in [0.15, 0.2) is 22.6 Å². The molecule has 0 aromatic heterocycles. The lowest BCUT2D eigenvalue weighted by Gasteiger charge is -2.12. The second-order valence-electron chi connectivity index (χ2n) is 5.63. The summed E-state index contributed by atoms with van der Waals surface area (Å²) in [5.41, 5.74) is 0.563. The van der Waals surface area contributed by atoms with Crippen LogP contribution in [0.2, 0.25) is 0 Å². The van der Waals surface area contributed by atoms with Crippen LogP contribution < -0.4 is 4.74 Å². The van der Waals surface area contributed by atoms with Crippen molar-refractivity contribution in [2.45, 2.75) is 44.5 Å². The van der Waals surface area contributed by atoms with Crippen molar-refractivity contribution in [1.82, 2.24) is 0 Å². The fourth-order valence-corrected chi connectivity index (χ4v) is 1.91. The summed E-state index contributed by atoms with van der Waals surface area (Å²) < 4.78 is 34.3. The Bertz CT molecular complexity index is 519. The minimum atomic E-state index is -1.34. The van der Waals surface area contributed by atoms with Crippen LogP contribution in [0.25, 0.3) is 0 Å². The van der Waals surface area contributed by atoms with Gasteiger partial charge in [0.25, 0.3) is 0 Å². The highest BCUT2D eigenvalue weighted by molar-refractivity contribution is 7.85. The van der Waals surface area contributed by atoms with Gasteiger partial charge in [0.2, 0.25) is 0 Å². The van der Waals surface area contributed by atoms with Crippen molar-refractivity contribution in [2.75, 3.05) is 0 Å². The van der Waals surface area contributed by atoms with Crippen molar-refractivity contribution in [1.29, 1.82) is 0 Å². The lowest BCUT2D eigenvalue weighted by molar-refractivity contribution is 0.301. The predicted molar refractivity (Wildman–Crippen MR) is 75.5 cm³/mol. The maximum Gasteiger partial charge on any atom is 0.144 e. The van der Waals surface area contributed by atoms with E-state index < -0.39 is 15.7 Å². The third-order valence-electron chi connectivity index (χ3n) is 2.54. The van der Waals surface area contributed by atoms with Gasteiger partial charge >= 0.3 is 0 Å². The first-order valence-corrected chi connectivity index (χ1v) is 7.38. The van der Waals surface area contributed by atoms with Gasteiger partial charge in [0.05, 0.1) is 10.9 Å². The largest absolute Gasteiger partial charge is 0.490 e. The Morgan fingerprint density at radius 1 is 1.37 bits per heavy atom. The average Bonchev–Trinajstić information content (AvgIpc) is 3.07. The minimum Gasteiger partial charge on any atom is -0.490 e. The topological polar surface area (TPSA) is 38.7 Å². The number of rotatable bonds is 4. The maximum absolute atomic E-state index is 13.4. The third-order valence-corrected chi connectivity index (χ3v) is 3.89. The second kappa shape index (κ2) is 5.41. The Kier molecular flexibility index (Phi) is 4.04. The Labute approximate surface area is 115 Å². The van der Waals surface area contributed by atoms with E-state index >= 15 is 0 Å². The summed E-state index contributed by atoms with van der Waals surface area (Å²) in [5, 5.41) is 0. The van der Waals surface area contributed by atoms with Gasteiger partial charge in [-0.05, 0) is 45.7 Å². The summed E-state index contributed by atoms with van der Waals surface area (Å²) in [7, 11) is -1.34. The van der Waals surface area contributed by atoms with Crippen LogP contribution in [-0.2, 0) is 11.0 Å². The summed E-state index contributed by atoms with van der Waals surface area (Å²) >= 11 is 0. The molecule has 1 atom stereocenters. The summed E-state index contributed by atoms with van der Waals surface area (Å²) in [6, 6.07) is 4.42. The van der Waals surface area contributed by atoms with Crippen molar-refractivity contribution in [3.8, 4) is 5.75 Å². The van der Waals surface area contributed by atoms with Crippen molar-refractivity contribution >= 4 is 17.2 Å². The lowest BCUT2D eigenvalue weighted by Crippen LogP contribution is -2.19. The van der Waals surface area contributed by atoms with E-state index in [4.69, 9.17) is 4.74 Å². The van der Waals surface area contributed by atoms with Crippen LogP contribution >= 0.6 is 0 Å². The molecular formula is C14H18FNO2S. The Hall–Kier alpha value is -1.23.